The summed E-state index contributed by atoms with van der Waals surface area (Å²) in [4.78, 5) is 36.7. The molecule has 2 N–H and O–H groups in total. The lowest BCUT2D eigenvalue weighted by molar-refractivity contribution is -0.129. The van der Waals surface area contributed by atoms with Crippen LogP contribution in [-0.2, 0) is 4.79 Å². The third-order valence-electron chi connectivity index (χ3n) is 3.28. The summed E-state index contributed by atoms with van der Waals surface area (Å²) in [6.07, 6.45) is 0. The molecule has 6 nitrogen and oxygen atoms in total. The Labute approximate surface area is 113 Å². The van der Waals surface area contributed by atoms with E-state index in [2.05, 4.69) is 0 Å². The summed E-state index contributed by atoms with van der Waals surface area (Å²) < 4.78 is 0. The summed E-state index contributed by atoms with van der Waals surface area (Å²) in [6, 6.07) is 10.3. The minimum atomic E-state index is -0.821. The lowest BCUT2D eigenvalue weighted by Gasteiger charge is -2.26. The first-order chi connectivity index (χ1) is 9.63. The molecular weight excluding hydrogens is 260 g/mol. The van der Waals surface area contributed by atoms with Crippen LogP contribution in [0.4, 0.5) is 0 Å². The standard InChI is InChI=1S/C14H10N2O4/c17-11(15-20)7-16-13(18)9-5-1-3-8-4-2-6-10(12(8)9)14(16)19/h1-6,20H,7H2,(H,15,17). The van der Waals surface area contributed by atoms with E-state index in [0.717, 1.165) is 10.3 Å². The van der Waals surface area contributed by atoms with Gasteiger partial charge in [-0.05, 0) is 17.5 Å². The number of carbonyl (C=O) groups is 3. The fourth-order valence-corrected chi connectivity index (χ4v) is 2.40. The van der Waals surface area contributed by atoms with E-state index < -0.39 is 24.3 Å². The molecule has 3 amide bonds. The highest BCUT2D eigenvalue weighted by Crippen LogP contribution is 2.29. The monoisotopic (exact) mass is 270 g/mol. The maximum Gasteiger partial charge on any atom is 0.263 e. The number of nitrogens with zero attached hydrogens (tertiary/aromatic N) is 1. The van der Waals surface area contributed by atoms with Gasteiger partial charge in [0.15, 0.2) is 0 Å². The molecule has 0 aliphatic carbocycles. The number of hydroxylamine groups is 1. The number of benzene rings is 2. The van der Waals surface area contributed by atoms with Gasteiger partial charge in [-0.15, -0.1) is 0 Å². The SMILES string of the molecule is O=C(CN1C(=O)c2cccc3cccc(c23)C1=O)NO. The van der Waals surface area contributed by atoms with E-state index in [1.807, 2.05) is 12.1 Å². The Balaban J connectivity index is 2.19. The molecule has 0 spiro atoms. The molecule has 0 unspecified atom stereocenters. The maximum absolute atomic E-state index is 12.3. The molecule has 0 aromatic heterocycles. The van der Waals surface area contributed by atoms with Gasteiger partial charge in [-0.3, -0.25) is 24.5 Å². The highest BCUT2D eigenvalue weighted by molar-refractivity contribution is 6.26. The Kier molecular flexibility index (Phi) is 2.73. The highest BCUT2D eigenvalue weighted by Gasteiger charge is 2.33. The molecule has 0 radical (unpaired) electrons. The summed E-state index contributed by atoms with van der Waals surface area (Å²) in [6.45, 7) is -0.515. The summed E-state index contributed by atoms with van der Waals surface area (Å²) in [7, 11) is 0. The van der Waals surface area contributed by atoms with Gasteiger partial charge in [0.25, 0.3) is 17.7 Å². The van der Waals surface area contributed by atoms with E-state index in [0.29, 0.717) is 16.5 Å². The second-order valence-corrected chi connectivity index (χ2v) is 4.44. The van der Waals surface area contributed by atoms with Crippen molar-refractivity contribution in [3.05, 3.63) is 47.5 Å². The van der Waals surface area contributed by atoms with Gasteiger partial charge in [-0.25, -0.2) is 5.48 Å². The van der Waals surface area contributed by atoms with Crippen LogP contribution in [0.3, 0.4) is 0 Å². The van der Waals surface area contributed by atoms with Crippen LogP contribution in [0.15, 0.2) is 36.4 Å². The lowest BCUT2D eigenvalue weighted by Crippen LogP contribution is -2.45. The van der Waals surface area contributed by atoms with E-state index >= 15 is 0 Å². The number of carbonyl (C=O) groups excluding carboxylic acids is 3. The number of nitrogens with one attached hydrogen (secondary N) is 1. The van der Waals surface area contributed by atoms with Gasteiger partial charge in [0, 0.05) is 16.5 Å². The quantitative estimate of drug-likeness (QED) is 0.483. The number of hydrogen-bond acceptors (Lipinski definition) is 4. The first kappa shape index (κ1) is 12.3. The van der Waals surface area contributed by atoms with Crippen molar-refractivity contribution in [3.8, 4) is 0 Å². The Morgan fingerprint density at radius 3 is 2.10 bits per heavy atom. The largest absolute Gasteiger partial charge is 0.289 e. The van der Waals surface area contributed by atoms with Gasteiger partial charge in [0.1, 0.15) is 6.54 Å². The van der Waals surface area contributed by atoms with Gasteiger partial charge < -0.3 is 0 Å². The van der Waals surface area contributed by atoms with Crippen molar-refractivity contribution in [3.63, 3.8) is 0 Å². The van der Waals surface area contributed by atoms with Crippen molar-refractivity contribution in [2.24, 2.45) is 0 Å². The maximum atomic E-state index is 12.3. The fraction of sp³-hybridized carbons (Fsp3) is 0.0714. The highest BCUT2D eigenvalue weighted by atomic mass is 16.5. The van der Waals surface area contributed by atoms with Gasteiger partial charge in [-0.2, -0.15) is 0 Å². The molecule has 2 aromatic rings. The van der Waals surface area contributed by atoms with Crippen LogP contribution in [0.2, 0.25) is 0 Å². The average molecular weight is 270 g/mol. The molecule has 1 aliphatic rings. The van der Waals surface area contributed by atoms with Gasteiger partial charge >= 0.3 is 0 Å². The molecule has 1 heterocycles. The van der Waals surface area contributed by atoms with E-state index in [-0.39, 0.29) is 0 Å². The molecule has 6 heteroatoms. The third kappa shape index (κ3) is 1.66. The van der Waals surface area contributed by atoms with Gasteiger partial charge in [-0.1, -0.05) is 24.3 Å². The minimum Gasteiger partial charge on any atom is -0.289 e. The Bertz CT molecular complexity index is 703. The Morgan fingerprint density at radius 2 is 1.60 bits per heavy atom. The molecule has 100 valence electrons. The van der Waals surface area contributed by atoms with Crippen LogP contribution < -0.4 is 5.48 Å². The van der Waals surface area contributed by atoms with Crippen LogP contribution in [0.1, 0.15) is 20.7 Å². The van der Waals surface area contributed by atoms with Crippen LogP contribution in [0.5, 0.6) is 0 Å². The number of rotatable bonds is 2. The van der Waals surface area contributed by atoms with E-state index in [1.165, 1.54) is 5.48 Å². The number of imide groups is 1. The predicted octanol–water partition coefficient (Wildman–Crippen LogP) is 0.941. The van der Waals surface area contributed by atoms with Crippen molar-refractivity contribution in [2.45, 2.75) is 0 Å². The van der Waals surface area contributed by atoms with E-state index in [4.69, 9.17) is 5.21 Å². The molecule has 0 saturated carbocycles. The molecule has 0 saturated heterocycles. The fourth-order valence-electron chi connectivity index (χ4n) is 2.40. The zero-order valence-electron chi connectivity index (χ0n) is 10.3. The minimum absolute atomic E-state index is 0.378. The van der Waals surface area contributed by atoms with Crippen LogP contribution in [0, 0.1) is 0 Å². The van der Waals surface area contributed by atoms with Crippen molar-refractivity contribution in [2.75, 3.05) is 6.54 Å². The zero-order chi connectivity index (χ0) is 14.3. The summed E-state index contributed by atoms with van der Waals surface area (Å²) >= 11 is 0. The van der Waals surface area contributed by atoms with Crippen molar-refractivity contribution >= 4 is 28.5 Å². The Morgan fingerprint density at radius 1 is 1.05 bits per heavy atom. The second kappa shape index (κ2) is 4.43. The topological polar surface area (TPSA) is 86.7 Å². The third-order valence-corrected chi connectivity index (χ3v) is 3.28. The summed E-state index contributed by atoms with van der Waals surface area (Å²) in [5, 5.41) is 9.94. The van der Waals surface area contributed by atoms with Gasteiger partial charge in [0.05, 0.1) is 0 Å². The summed E-state index contributed by atoms with van der Waals surface area (Å²) in [5.74, 6) is -1.90. The molecule has 1 aliphatic heterocycles. The first-order valence-corrected chi connectivity index (χ1v) is 5.94. The lowest BCUT2D eigenvalue weighted by atomic mass is 9.94. The normalized spacial score (nSPS) is 13.8. The van der Waals surface area contributed by atoms with Crippen LogP contribution >= 0.6 is 0 Å². The van der Waals surface area contributed by atoms with Gasteiger partial charge in [0.2, 0.25) is 0 Å². The number of amides is 3. The zero-order valence-corrected chi connectivity index (χ0v) is 10.3. The molecule has 2 aromatic carbocycles. The van der Waals surface area contributed by atoms with Crippen LogP contribution in [-0.4, -0.2) is 34.4 Å². The van der Waals surface area contributed by atoms with E-state index in [9.17, 15) is 14.4 Å². The van der Waals surface area contributed by atoms with Crippen molar-refractivity contribution in [1.29, 1.82) is 0 Å². The molecular formula is C14H10N2O4. The van der Waals surface area contributed by atoms with E-state index in [1.54, 1.807) is 24.3 Å². The van der Waals surface area contributed by atoms with Crippen molar-refractivity contribution < 1.29 is 19.6 Å². The summed E-state index contributed by atoms with van der Waals surface area (Å²) in [5.41, 5.74) is 2.17. The number of hydrogen-bond donors (Lipinski definition) is 2. The second-order valence-electron chi connectivity index (χ2n) is 4.44. The molecule has 0 bridgehead atoms. The molecule has 20 heavy (non-hydrogen) atoms. The molecule has 0 fully saturated rings. The smallest absolute Gasteiger partial charge is 0.263 e. The van der Waals surface area contributed by atoms with Crippen LogP contribution in [0.25, 0.3) is 10.8 Å². The molecule has 3 rings (SSSR count). The molecule has 0 atom stereocenters. The van der Waals surface area contributed by atoms with Crippen molar-refractivity contribution in [1.82, 2.24) is 10.4 Å². The average Bonchev–Trinajstić information content (AvgIpc) is 2.48. The first-order valence-electron chi connectivity index (χ1n) is 5.94. The Hall–Kier alpha value is -2.73. The predicted molar refractivity (Wildman–Crippen MR) is 69.2 cm³/mol.